The predicted molar refractivity (Wildman–Crippen MR) is 166 cm³/mol. The molecule has 0 aliphatic rings. The standard InChI is InChI=1S/C35H35FN4O4/c1-20(2)33(41)32-29(15-35(4,5)34(42)43)40-28-12-13-30(44-19-25-18-37-21(3)16-38-25)26(31(28)32)14-22-6-8-23(9-7-22)27-11-10-24(36)17-39-27/h6-13,16-18,20,40H,14-15,19H2,1-5H3,(H,42,43). The molecule has 2 N–H and O–H groups in total. The summed E-state index contributed by atoms with van der Waals surface area (Å²) in [5.41, 5.74) is 5.44. The molecule has 0 bridgehead atoms. The molecule has 0 spiro atoms. The van der Waals surface area contributed by atoms with E-state index in [9.17, 15) is 19.1 Å². The normalized spacial score (nSPS) is 11.7. The van der Waals surface area contributed by atoms with Crippen LogP contribution in [0.15, 0.2) is 67.1 Å². The van der Waals surface area contributed by atoms with E-state index in [1.165, 1.54) is 12.3 Å². The van der Waals surface area contributed by atoms with Gasteiger partial charge in [0.05, 0.1) is 34.9 Å². The van der Waals surface area contributed by atoms with Crippen molar-refractivity contribution >= 4 is 22.7 Å². The van der Waals surface area contributed by atoms with Crippen molar-refractivity contribution in [1.29, 1.82) is 0 Å². The zero-order valence-corrected chi connectivity index (χ0v) is 25.4. The van der Waals surface area contributed by atoms with Crippen LogP contribution in [0.3, 0.4) is 0 Å². The number of carbonyl (C=O) groups excluding carboxylic acids is 1. The van der Waals surface area contributed by atoms with Gasteiger partial charge in [-0.05, 0) is 50.6 Å². The lowest BCUT2D eigenvalue weighted by atomic mass is 9.84. The van der Waals surface area contributed by atoms with Crippen LogP contribution < -0.4 is 4.74 Å². The molecule has 0 fully saturated rings. The molecule has 0 saturated heterocycles. The molecule has 44 heavy (non-hydrogen) atoms. The third-order valence-corrected chi connectivity index (χ3v) is 7.64. The largest absolute Gasteiger partial charge is 0.487 e. The van der Waals surface area contributed by atoms with E-state index in [4.69, 9.17) is 4.74 Å². The van der Waals surface area contributed by atoms with Gasteiger partial charge in [-0.3, -0.25) is 24.5 Å². The van der Waals surface area contributed by atoms with Gasteiger partial charge < -0.3 is 14.8 Å². The Bertz CT molecular complexity index is 1810. The summed E-state index contributed by atoms with van der Waals surface area (Å²) < 4.78 is 19.7. The minimum atomic E-state index is -1.10. The Hall–Kier alpha value is -4.92. The van der Waals surface area contributed by atoms with Crippen molar-refractivity contribution in [3.8, 4) is 17.0 Å². The second-order valence-corrected chi connectivity index (χ2v) is 12.0. The number of carboxylic acids is 1. The maximum absolute atomic E-state index is 13.8. The zero-order chi connectivity index (χ0) is 31.6. The average Bonchev–Trinajstić information content (AvgIpc) is 3.35. The van der Waals surface area contributed by atoms with E-state index in [0.29, 0.717) is 34.8 Å². The number of nitrogens with zero attached hydrogens (tertiary/aromatic N) is 3. The second-order valence-electron chi connectivity index (χ2n) is 12.0. The fourth-order valence-electron chi connectivity index (χ4n) is 5.11. The van der Waals surface area contributed by atoms with Crippen LogP contribution in [0.5, 0.6) is 5.75 Å². The number of benzene rings is 2. The number of nitrogens with one attached hydrogen (secondary N) is 1. The summed E-state index contributed by atoms with van der Waals surface area (Å²) >= 11 is 0. The number of carbonyl (C=O) groups is 2. The van der Waals surface area contributed by atoms with Gasteiger partial charge in [-0.1, -0.05) is 38.1 Å². The molecule has 5 rings (SSSR count). The predicted octanol–water partition coefficient (Wildman–Crippen LogP) is 7.13. The number of hydrogen-bond acceptors (Lipinski definition) is 6. The number of aliphatic carboxylic acids is 1. The molecular formula is C35H35FN4O4. The van der Waals surface area contributed by atoms with Crippen molar-refractivity contribution in [2.75, 3.05) is 0 Å². The molecule has 0 atom stereocenters. The summed E-state index contributed by atoms with van der Waals surface area (Å²) in [6.07, 6.45) is 5.13. The number of rotatable bonds is 11. The average molecular weight is 595 g/mol. The molecule has 226 valence electrons. The van der Waals surface area contributed by atoms with Crippen molar-refractivity contribution in [3.63, 3.8) is 0 Å². The van der Waals surface area contributed by atoms with Crippen molar-refractivity contribution in [1.82, 2.24) is 19.9 Å². The van der Waals surface area contributed by atoms with Crippen molar-refractivity contribution in [2.24, 2.45) is 11.3 Å². The Balaban J connectivity index is 1.62. The Labute approximate surface area is 255 Å². The number of ether oxygens (including phenoxy) is 1. The van der Waals surface area contributed by atoms with Crippen molar-refractivity contribution in [3.05, 3.63) is 107 Å². The van der Waals surface area contributed by atoms with Gasteiger partial charge in [-0.15, -0.1) is 0 Å². The second kappa shape index (κ2) is 12.4. The number of aromatic amines is 1. The van der Waals surface area contributed by atoms with Crippen LogP contribution in [-0.2, 0) is 24.2 Å². The number of H-pyrrole nitrogens is 1. The molecule has 0 aliphatic carbocycles. The lowest BCUT2D eigenvalue weighted by Gasteiger charge is -2.19. The number of aryl methyl sites for hydroxylation is 1. The van der Waals surface area contributed by atoms with Crippen LogP contribution in [0.2, 0.25) is 0 Å². The monoisotopic (exact) mass is 594 g/mol. The van der Waals surface area contributed by atoms with Gasteiger partial charge in [0, 0.05) is 58.2 Å². The Morgan fingerprint density at radius 3 is 2.34 bits per heavy atom. The SMILES string of the molecule is Cc1cnc(COc2ccc3[nH]c(CC(C)(C)C(=O)O)c(C(=O)C(C)C)c3c2Cc2ccc(-c3ccc(F)cn3)cc2)cn1. The molecule has 3 heterocycles. The van der Waals surface area contributed by atoms with E-state index >= 15 is 0 Å². The van der Waals surface area contributed by atoms with Crippen LogP contribution in [-0.4, -0.2) is 36.8 Å². The van der Waals surface area contributed by atoms with Gasteiger partial charge in [0.2, 0.25) is 0 Å². The van der Waals surface area contributed by atoms with E-state index in [-0.39, 0.29) is 24.7 Å². The summed E-state index contributed by atoms with van der Waals surface area (Å²) in [6, 6.07) is 14.5. The third kappa shape index (κ3) is 6.51. The fraction of sp³-hybridized carbons (Fsp3) is 0.286. The highest BCUT2D eigenvalue weighted by Crippen LogP contribution is 2.38. The van der Waals surface area contributed by atoms with E-state index in [2.05, 4.69) is 19.9 Å². The van der Waals surface area contributed by atoms with Crippen LogP contribution in [0.4, 0.5) is 4.39 Å². The van der Waals surface area contributed by atoms with E-state index < -0.39 is 17.2 Å². The molecule has 8 nitrogen and oxygen atoms in total. The summed E-state index contributed by atoms with van der Waals surface area (Å²) in [5.74, 6) is -1.15. The number of hydrogen-bond donors (Lipinski definition) is 2. The number of aromatic nitrogens is 4. The van der Waals surface area contributed by atoms with Crippen LogP contribution in [0, 0.1) is 24.1 Å². The highest BCUT2D eigenvalue weighted by atomic mass is 19.1. The topological polar surface area (TPSA) is 118 Å². The molecular weight excluding hydrogens is 559 g/mol. The zero-order valence-electron chi connectivity index (χ0n) is 25.4. The molecule has 0 amide bonds. The maximum atomic E-state index is 13.8. The van der Waals surface area contributed by atoms with E-state index in [1.807, 2.05) is 57.2 Å². The number of pyridine rings is 1. The summed E-state index contributed by atoms with van der Waals surface area (Å²) in [7, 11) is 0. The Morgan fingerprint density at radius 2 is 1.73 bits per heavy atom. The maximum Gasteiger partial charge on any atom is 0.309 e. The molecule has 9 heteroatoms. The molecule has 0 saturated carbocycles. The molecule has 0 unspecified atom stereocenters. The van der Waals surface area contributed by atoms with Crippen LogP contribution in [0.25, 0.3) is 22.2 Å². The summed E-state index contributed by atoms with van der Waals surface area (Å²) in [6.45, 7) is 9.03. The van der Waals surface area contributed by atoms with Gasteiger partial charge >= 0.3 is 5.97 Å². The number of ketones is 1. The Kier molecular flexibility index (Phi) is 8.58. The molecule has 0 aliphatic heterocycles. The lowest BCUT2D eigenvalue weighted by Crippen LogP contribution is -2.27. The van der Waals surface area contributed by atoms with Crippen LogP contribution in [0.1, 0.15) is 66.3 Å². The first-order valence-electron chi connectivity index (χ1n) is 14.5. The smallest absolute Gasteiger partial charge is 0.309 e. The summed E-state index contributed by atoms with van der Waals surface area (Å²) in [5, 5.41) is 10.6. The number of fused-ring (bicyclic) bond motifs is 1. The van der Waals surface area contributed by atoms with Gasteiger partial charge in [0.1, 0.15) is 18.2 Å². The van der Waals surface area contributed by atoms with Crippen LogP contribution >= 0.6 is 0 Å². The van der Waals surface area contributed by atoms with Gasteiger partial charge in [-0.2, -0.15) is 0 Å². The number of carboxylic acid groups (broad SMARTS) is 1. The van der Waals surface area contributed by atoms with Gasteiger partial charge in [0.15, 0.2) is 5.78 Å². The van der Waals surface area contributed by atoms with Crippen molar-refractivity contribution in [2.45, 2.75) is 54.1 Å². The highest BCUT2D eigenvalue weighted by molar-refractivity contribution is 6.11. The van der Waals surface area contributed by atoms with E-state index in [0.717, 1.165) is 33.3 Å². The van der Waals surface area contributed by atoms with Gasteiger partial charge in [-0.25, -0.2) is 4.39 Å². The molecule has 0 radical (unpaired) electrons. The minimum absolute atomic E-state index is 0.0760. The van der Waals surface area contributed by atoms with Crippen molar-refractivity contribution < 1.29 is 23.8 Å². The Morgan fingerprint density at radius 1 is 0.977 bits per heavy atom. The highest BCUT2D eigenvalue weighted by Gasteiger charge is 2.32. The quantitative estimate of drug-likeness (QED) is 0.156. The molecule has 5 aromatic rings. The minimum Gasteiger partial charge on any atom is -0.487 e. The lowest BCUT2D eigenvalue weighted by molar-refractivity contribution is -0.146. The number of Topliss-reactive ketones (excluding diaryl/α,β-unsaturated/α-hetero) is 1. The first kappa shape index (κ1) is 30.5. The molecule has 3 aromatic heterocycles. The van der Waals surface area contributed by atoms with E-state index in [1.54, 1.807) is 32.3 Å². The first-order chi connectivity index (χ1) is 20.9. The number of halogens is 1. The first-order valence-corrected chi connectivity index (χ1v) is 14.5. The van der Waals surface area contributed by atoms with Gasteiger partial charge in [0.25, 0.3) is 0 Å². The third-order valence-electron chi connectivity index (χ3n) is 7.64. The summed E-state index contributed by atoms with van der Waals surface area (Å²) in [4.78, 5) is 42.1. The fourth-order valence-corrected chi connectivity index (χ4v) is 5.11. The molecule has 2 aromatic carbocycles.